The topological polar surface area (TPSA) is 77.4 Å². The van der Waals surface area contributed by atoms with Crippen LogP contribution >= 0.6 is 0 Å². The molecular weight excluding hydrogens is 320 g/mol. The Morgan fingerprint density at radius 3 is 2.92 bits per heavy atom. The highest BCUT2D eigenvalue weighted by atomic mass is 16.5. The summed E-state index contributed by atoms with van der Waals surface area (Å²) in [4.78, 5) is 26.6. The maximum Gasteiger partial charge on any atom is 0.255 e. The fraction of sp³-hybridized carbons (Fsp3) is 0.444. The smallest absolute Gasteiger partial charge is 0.255 e. The van der Waals surface area contributed by atoms with Crippen LogP contribution in [0.3, 0.4) is 0 Å². The molecule has 2 fully saturated rings. The molecule has 2 aromatic heterocycles. The second-order valence-electron chi connectivity index (χ2n) is 6.72. The van der Waals surface area contributed by atoms with Crippen LogP contribution in [0.15, 0.2) is 37.1 Å². The van der Waals surface area contributed by atoms with Gasteiger partial charge in [-0.15, -0.1) is 0 Å². The van der Waals surface area contributed by atoms with Crippen molar-refractivity contribution < 1.29 is 14.3 Å². The Morgan fingerprint density at radius 2 is 2.16 bits per heavy atom. The molecule has 0 radical (unpaired) electrons. The third-order valence-electron chi connectivity index (χ3n) is 4.64. The molecule has 0 saturated carbocycles. The van der Waals surface area contributed by atoms with Gasteiger partial charge in [0.05, 0.1) is 31.5 Å². The summed E-state index contributed by atoms with van der Waals surface area (Å²) in [5.41, 5.74) is 1.29. The van der Waals surface area contributed by atoms with Gasteiger partial charge in [0.15, 0.2) is 0 Å². The third kappa shape index (κ3) is 3.32. The first-order valence-corrected chi connectivity index (χ1v) is 8.41. The van der Waals surface area contributed by atoms with Gasteiger partial charge in [-0.2, -0.15) is 0 Å². The molecule has 25 heavy (non-hydrogen) atoms. The van der Waals surface area contributed by atoms with E-state index in [4.69, 9.17) is 9.47 Å². The minimum atomic E-state index is -0.308. The van der Waals surface area contributed by atoms with Crippen molar-refractivity contribution in [1.82, 2.24) is 19.9 Å². The summed E-state index contributed by atoms with van der Waals surface area (Å²) in [7, 11) is 0. The maximum absolute atomic E-state index is 12.6. The molecule has 2 saturated heterocycles. The van der Waals surface area contributed by atoms with E-state index in [1.807, 2.05) is 13.0 Å². The van der Waals surface area contributed by atoms with Crippen molar-refractivity contribution in [2.75, 3.05) is 19.7 Å². The van der Waals surface area contributed by atoms with Crippen molar-refractivity contribution in [2.45, 2.75) is 31.5 Å². The number of carbonyl (C=O) groups is 1. The van der Waals surface area contributed by atoms with Gasteiger partial charge in [-0.3, -0.25) is 14.8 Å². The van der Waals surface area contributed by atoms with Crippen LogP contribution in [-0.2, 0) is 4.74 Å². The Labute approximate surface area is 146 Å². The van der Waals surface area contributed by atoms with E-state index in [1.54, 1.807) is 35.9 Å². The molecule has 0 aliphatic carbocycles. The largest absolute Gasteiger partial charge is 0.473 e. The monoisotopic (exact) mass is 340 g/mol. The van der Waals surface area contributed by atoms with Gasteiger partial charge in [0.25, 0.3) is 5.91 Å². The van der Waals surface area contributed by atoms with E-state index in [0.717, 1.165) is 18.4 Å². The van der Waals surface area contributed by atoms with Crippen LogP contribution in [0.25, 0.3) is 0 Å². The molecule has 0 aromatic carbocycles. The van der Waals surface area contributed by atoms with E-state index in [0.29, 0.717) is 31.1 Å². The van der Waals surface area contributed by atoms with E-state index in [1.165, 1.54) is 0 Å². The number of hydrogen-bond donors (Lipinski definition) is 0. The molecule has 2 aliphatic heterocycles. The summed E-state index contributed by atoms with van der Waals surface area (Å²) in [6, 6.07) is 1.86. The number of likely N-dealkylation sites (tertiary alicyclic amines) is 1. The molecule has 130 valence electrons. The zero-order valence-electron chi connectivity index (χ0n) is 14.1. The van der Waals surface area contributed by atoms with Crippen molar-refractivity contribution in [3.05, 3.63) is 48.2 Å². The van der Waals surface area contributed by atoms with Gasteiger partial charge in [0.2, 0.25) is 5.88 Å². The van der Waals surface area contributed by atoms with Gasteiger partial charge in [-0.05, 0) is 18.6 Å². The van der Waals surface area contributed by atoms with Crippen molar-refractivity contribution >= 4 is 5.91 Å². The minimum absolute atomic E-state index is 0.00222. The fourth-order valence-electron chi connectivity index (χ4n) is 3.47. The first kappa shape index (κ1) is 16.0. The van der Waals surface area contributed by atoms with Crippen LogP contribution in [0.4, 0.5) is 0 Å². The molecule has 1 spiro atoms. The summed E-state index contributed by atoms with van der Waals surface area (Å²) in [6.45, 7) is 3.72. The first-order valence-electron chi connectivity index (χ1n) is 8.41. The summed E-state index contributed by atoms with van der Waals surface area (Å²) < 4.78 is 11.9. The number of aromatic nitrogens is 3. The molecule has 1 amide bonds. The molecular formula is C18H20N4O3. The molecule has 2 aromatic rings. The van der Waals surface area contributed by atoms with E-state index >= 15 is 0 Å². The van der Waals surface area contributed by atoms with Gasteiger partial charge < -0.3 is 14.4 Å². The Kier molecular flexibility index (Phi) is 4.09. The fourth-order valence-corrected chi connectivity index (χ4v) is 3.47. The molecule has 0 N–H and O–H groups in total. The maximum atomic E-state index is 12.6. The Bertz CT molecular complexity index is 762. The molecule has 2 aliphatic rings. The third-order valence-corrected chi connectivity index (χ3v) is 4.64. The number of hydrogen-bond acceptors (Lipinski definition) is 6. The summed E-state index contributed by atoms with van der Waals surface area (Å²) in [5.74, 6) is 0.532. The number of nitrogens with zero attached hydrogens (tertiary/aromatic N) is 4. The number of aryl methyl sites for hydroxylation is 1. The van der Waals surface area contributed by atoms with Crippen molar-refractivity contribution in [3.63, 3.8) is 0 Å². The second kappa shape index (κ2) is 6.40. The van der Waals surface area contributed by atoms with E-state index < -0.39 is 0 Å². The number of rotatable bonds is 3. The lowest BCUT2D eigenvalue weighted by atomic mass is 9.84. The van der Waals surface area contributed by atoms with Crippen LogP contribution in [0, 0.1) is 6.92 Å². The van der Waals surface area contributed by atoms with Gasteiger partial charge in [-0.1, -0.05) is 0 Å². The van der Waals surface area contributed by atoms with Gasteiger partial charge in [-0.25, -0.2) is 4.98 Å². The lowest BCUT2D eigenvalue weighted by Gasteiger charge is -2.52. The molecule has 4 heterocycles. The highest BCUT2D eigenvalue weighted by molar-refractivity contribution is 5.94. The predicted octanol–water partition coefficient (Wildman–Crippen LogP) is 1.63. The van der Waals surface area contributed by atoms with Crippen molar-refractivity contribution in [3.8, 4) is 5.88 Å². The average Bonchev–Trinajstić information content (AvgIpc) is 2.60. The zero-order chi connectivity index (χ0) is 17.3. The number of amides is 1. The highest BCUT2D eigenvalue weighted by Gasteiger charge is 2.50. The molecule has 7 heteroatoms. The van der Waals surface area contributed by atoms with Crippen LogP contribution in [0.1, 0.15) is 28.8 Å². The zero-order valence-corrected chi connectivity index (χ0v) is 14.1. The van der Waals surface area contributed by atoms with Crippen LogP contribution in [-0.4, -0.2) is 57.2 Å². The van der Waals surface area contributed by atoms with Gasteiger partial charge in [0, 0.05) is 37.6 Å². The average molecular weight is 340 g/mol. The van der Waals surface area contributed by atoms with Gasteiger partial charge in [0.1, 0.15) is 11.7 Å². The van der Waals surface area contributed by atoms with Crippen molar-refractivity contribution in [2.24, 2.45) is 0 Å². The first-order chi connectivity index (χ1) is 12.1. The quantitative estimate of drug-likeness (QED) is 0.845. The number of pyridine rings is 1. The van der Waals surface area contributed by atoms with Gasteiger partial charge >= 0.3 is 0 Å². The lowest BCUT2D eigenvalue weighted by molar-refractivity contribution is -0.174. The molecule has 1 unspecified atom stereocenters. The standard InChI is InChI=1S/C18H20N4O3/c1-13-6-14(9-20-8-13)17(23)22-11-18(12-22)7-15(2-5-24-18)25-16-10-19-3-4-21-16/h3-4,6,8-10,15H,2,5,7,11-12H2,1H3. The second-order valence-corrected chi connectivity index (χ2v) is 6.72. The SMILES string of the molecule is Cc1cncc(C(=O)N2CC3(CC(Oc4cnccn4)CCO3)C2)c1. The summed E-state index contributed by atoms with van der Waals surface area (Å²) in [5, 5.41) is 0. The van der Waals surface area contributed by atoms with Crippen LogP contribution in [0.2, 0.25) is 0 Å². The Hall–Kier alpha value is -2.54. The molecule has 1 atom stereocenters. The van der Waals surface area contributed by atoms with Crippen LogP contribution in [0.5, 0.6) is 5.88 Å². The minimum Gasteiger partial charge on any atom is -0.473 e. The van der Waals surface area contributed by atoms with E-state index in [2.05, 4.69) is 15.0 Å². The molecule has 0 bridgehead atoms. The normalized spacial score (nSPS) is 21.6. The number of carbonyl (C=O) groups excluding carboxylic acids is 1. The number of ether oxygens (including phenoxy) is 2. The Balaban J connectivity index is 1.37. The Morgan fingerprint density at radius 1 is 1.28 bits per heavy atom. The van der Waals surface area contributed by atoms with E-state index in [9.17, 15) is 4.79 Å². The van der Waals surface area contributed by atoms with Crippen molar-refractivity contribution in [1.29, 1.82) is 0 Å². The molecule has 7 nitrogen and oxygen atoms in total. The van der Waals surface area contributed by atoms with Crippen LogP contribution < -0.4 is 4.74 Å². The summed E-state index contributed by atoms with van der Waals surface area (Å²) in [6.07, 6.45) is 9.80. The van der Waals surface area contributed by atoms with E-state index in [-0.39, 0.29) is 17.6 Å². The summed E-state index contributed by atoms with van der Waals surface area (Å²) >= 11 is 0. The highest BCUT2D eigenvalue weighted by Crippen LogP contribution is 2.36. The predicted molar refractivity (Wildman–Crippen MR) is 89.2 cm³/mol. The molecule has 4 rings (SSSR count). The lowest BCUT2D eigenvalue weighted by Crippen LogP contribution is -2.67.